The number of anilines is 1. The summed E-state index contributed by atoms with van der Waals surface area (Å²) in [5.41, 5.74) is 2.46. The maximum atomic E-state index is 12.4. The van der Waals surface area contributed by atoms with Gasteiger partial charge in [0.2, 0.25) is 0 Å². The fourth-order valence-corrected chi connectivity index (χ4v) is 2.50. The fraction of sp³-hybridized carbons (Fsp3) is 0.286. The molecule has 0 bridgehead atoms. The van der Waals surface area contributed by atoms with Crippen molar-refractivity contribution in [1.82, 2.24) is 9.55 Å². The van der Waals surface area contributed by atoms with Gasteiger partial charge in [0.25, 0.3) is 5.91 Å². The average molecular weight is 320 g/mol. The van der Waals surface area contributed by atoms with Gasteiger partial charge in [0.05, 0.1) is 11.9 Å². The van der Waals surface area contributed by atoms with Crippen molar-refractivity contribution in [3.05, 3.63) is 46.5 Å². The number of hydrogen-bond acceptors (Lipinski definition) is 2. The monoisotopic (exact) mass is 319 g/mol. The van der Waals surface area contributed by atoms with Gasteiger partial charge in [0, 0.05) is 22.9 Å². The molecule has 1 N–H and O–H groups in total. The zero-order chi connectivity index (χ0) is 13.4. The fourth-order valence-electron chi connectivity index (χ4n) is 2.06. The lowest BCUT2D eigenvalue weighted by Gasteiger charge is -2.09. The molecule has 0 aliphatic heterocycles. The molecule has 1 saturated carbocycles. The second-order valence-corrected chi connectivity index (χ2v) is 5.74. The van der Waals surface area contributed by atoms with Gasteiger partial charge in [0.15, 0.2) is 0 Å². The lowest BCUT2D eigenvalue weighted by Crippen LogP contribution is -2.17. The Balaban J connectivity index is 1.86. The summed E-state index contributed by atoms with van der Waals surface area (Å²) in [5, 5.41) is 2.92. The highest BCUT2D eigenvalue weighted by molar-refractivity contribution is 9.10. The van der Waals surface area contributed by atoms with Gasteiger partial charge in [-0.25, -0.2) is 0 Å². The Labute approximate surface area is 120 Å². The summed E-state index contributed by atoms with van der Waals surface area (Å²) in [6.45, 7) is 1.95. The van der Waals surface area contributed by atoms with Gasteiger partial charge in [-0.2, -0.15) is 0 Å². The molecule has 0 radical (unpaired) electrons. The summed E-state index contributed by atoms with van der Waals surface area (Å²) in [6.07, 6.45) is 7.66. The van der Waals surface area contributed by atoms with Crippen LogP contribution >= 0.6 is 15.9 Å². The molecule has 0 spiro atoms. The number of pyridine rings is 1. The van der Waals surface area contributed by atoms with Crippen molar-refractivity contribution < 1.29 is 4.79 Å². The van der Waals surface area contributed by atoms with Crippen LogP contribution in [0.1, 0.15) is 34.9 Å². The molecule has 1 fully saturated rings. The number of aryl methyl sites for hydroxylation is 1. The third-order valence-electron chi connectivity index (χ3n) is 3.28. The Morgan fingerprint density at radius 3 is 3.00 bits per heavy atom. The van der Waals surface area contributed by atoms with E-state index in [4.69, 9.17) is 0 Å². The van der Waals surface area contributed by atoms with E-state index in [2.05, 4.69) is 26.2 Å². The summed E-state index contributed by atoms with van der Waals surface area (Å²) in [6, 6.07) is 4.22. The van der Waals surface area contributed by atoms with Crippen molar-refractivity contribution in [1.29, 1.82) is 0 Å². The zero-order valence-corrected chi connectivity index (χ0v) is 12.1. The van der Waals surface area contributed by atoms with E-state index >= 15 is 0 Å². The number of carbonyl (C=O) groups excluding carboxylic acids is 1. The molecule has 3 rings (SSSR count). The molecule has 1 amide bonds. The van der Waals surface area contributed by atoms with E-state index in [9.17, 15) is 4.79 Å². The minimum atomic E-state index is -0.0892. The predicted molar refractivity (Wildman–Crippen MR) is 77.3 cm³/mol. The molecule has 2 heterocycles. The lowest BCUT2D eigenvalue weighted by atomic mass is 10.2. The van der Waals surface area contributed by atoms with Crippen molar-refractivity contribution in [2.45, 2.75) is 25.8 Å². The highest BCUT2D eigenvalue weighted by atomic mass is 79.9. The highest BCUT2D eigenvalue weighted by Crippen LogP contribution is 2.37. The van der Waals surface area contributed by atoms with Crippen LogP contribution in [0, 0.1) is 6.92 Å². The first-order valence-electron chi connectivity index (χ1n) is 6.24. The van der Waals surface area contributed by atoms with Gasteiger partial charge < -0.3 is 9.88 Å². The summed E-state index contributed by atoms with van der Waals surface area (Å²) >= 11 is 3.43. The number of nitrogens with one attached hydrogen (secondary N) is 1. The van der Waals surface area contributed by atoms with Crippen LogP contribution in [0.4, 0.5) is 5.69 Å². The molecular weight excluding hydrogens is 306 g/mol. The number of rotatable bonds is 3. The quantitative estimate of drug-likeness (QED) is 0.940. The molecule has 1 aliphatic rings. The smallest absolute Gasteiger partial charge is 0.272 e. The van der Waals surface area contributed by atoms with Gasteiger partial charge in [0.1, 0.15) is 5.69 Å². The molecule has 2 aromatic rings. The second kappa shape index (κ2) is 4.81. The molecule has 2 aromatic heterocycles. The molecule has 19 heavy (non-hydrogen) atoms. The van der Waals surface area contributed by atoms with Crippen molar-refractivity contribution in [2.24, 2.45) is 0 Å². The van der Waals surface area contributed by atoms with Gasteiger partial charge in [-0.3, -0.25) is 9.78 Å². The van der Waals surface area contributed by atoms with E-state index in [0.717, 1.165) is 28.6 Å². The number of carbonyl (C=O) groups is 1. The van der Waals surface area contributed by atoms with Gasteiger partial charge >= 0.3 is 0 Å². The number of amides is 1. The van der Waals surface area contributed by atoms with Crippen LogP contribution in [0.15, 0.2) is 35.2 Å². The van der Waals surface area contributed by atoms with E-state index in [-0.39, 0.29) is 5.91 Å². The molecule has 5 heteroatoms. The molecular formula is C14H14BrN3O. The minimum Gasteiger partial charge on any atom is -0.339 e. The Bertz CT molecular complexity index is 631. The van der Waals surface area contributed by atoms with E-state index in [1.165, 1.54) is 0 Å². The van der Waals surface area contributed by atoms with Crippen molar-refractivity contribution in [2.75, 3.05) is 5.32 Å². The molecule has 98 valence electrons. The van der Waals surface area contributed by atoms with Crippen LogP contribution in [0.25, 0.3) is 0 Å². The Kier molecular flexibility index (Phi) is 3.14. The lowest BCUT2D eigenvalue weighted by molar-refractivity contribution is 0.101. The van der Waals surface area contributed by atoms with Crippen molar-refractivity contribution in [3.8, 4) is 0 Å². The van der Waals surface area contributed by atoms with Crippen LogP contribution in [0.2, 0.25) is 0 Å². The SMILES string of the molecule is Cc1ccncc1NC(=O)c1cc(Br)cn1C1CC1. The van der Waals surface area contributed by atoms with Crippen molar-refractivity contribution in [3.63, 3.8) is 0 Å². The number of halogens is 1. The average Bonchev–Trinajstić information content (AvgIpc) is 3.15. The molecule has 0 aromatic carbocycles. The first-order chi connectivity index (χ1) is 9.15. The normalized spacial score (nSPS) is 14.4. The largest absolute Gasteiger partial charge is 0.339 e. The van der Waals surface area contributed by atoms with E-state index < -0.39 is 0 Å². The van der Waals surface area contributed by atoms with Crippen molar-refractivity contribution >= 4 is 27.5 Å². The minimum absolute atomic E-state index is 0.0892. The van der Waals surface area contributed by atoms with Crippen LogP contribution in [-0.2, 0) is 0 Å². The first-order valence-corrected chi connectivity index (χ1v) is 7.04. The summed E-state index contributed by atoms with van der Waals surface area (Å²) in [4.78, 5) is 16.4. The van der Waals surface area contributed by atoms with Crippen LogP contribution < -0.4 is 5.32 Å². The highest BCUT2D eigenvalue weighted by Gasteiger charge is 2.27. The number of hydrogen-bond donors (Lipinski definition) is 1. The predicted octanol–water partition coefficient (Wildman–Crippen LogP) is 3.54. The zero-order valence-electron chi connectivity index (χ0n) is 10.6. The second-order valence-electron chi connectivity index (χ2n) is 4.83. The van der Waals surface area contributed by atoms with Gasteiger partial charge in [-0.05, 0) is 53.4 Å². The third-order valence-corrected chi connectivity index (χ3v) is 3.71. The van der Waals surface area contributed by atoms with Crippen LogP contribution in [-0.4, -0.2) is 15.5 Å². The van der Waals surface area contributed by atoms with Gasteiger partial charge in [-0.1, -0.05) is 0 Å². The number of nitrogens with zero attached hydrogens (tertiary/aromatic N) is 2. The van der Waals surface area contributed by atoms with Gasteiger partial charge in [-0.15, -0.1) is 0 Å². The third kappa shape index (κ3) is 2.56. The Morgan fingerprint density at radius 1 is 1.53 bits per heavy atom. The molecule has 0 atom stereocenters. The number of aromatic nitrogens is 2. The standard InChI is InChI=1S/C14H14BrN3O/c1-9-4-5-16-7-12(9)17-14(19)13-6-10(15)8-18(13)11-2-3-11/h4-8,11H,2-3H2,1H3,(H,17,19). The summed E-state index contributed by atoms with van der Waals surface area (Å²) in [5.74, 6) is -0.0892. The van der Waals surface area contributed by atoms with E-state index in [0.29, 0.717) is 11.7 Å². The molecule has 1 aliphatic carbocycles. The first kappa shape index (κ1) is 12.4. The van der Waals surface area contributed by atoms with E-state index in [1.54, 1.807) is 12.4 Å². The summed E-state index contributed by atoms with van der Waals surface area (Å²) in [7, 11) is 0. The maximum absolute atomic E-state index is 12.4. The molecule has 0 saturated heterocycles. The van der Waals surface area contributed by atoms with Crippen LogP contribution in [0.3, 0.4) is 0 Å². The Hall–Kier alpha value is -1.62. The molecule has 0 unspecified atom stereocenters. The topological polar surface area (TPSA) is 46.9 Å². The maximum Gasteiger partial charge on any atom is 0.272 e. The Morgan fingerprint density at radius 2 is 2.32 bits per heavy atom. The van der Waals surface area contributed by atoms with E-state index in [1.807, 2.05) is 29.8 Å². The molecule has 4 nitrogen and oxygen atoms in total. The summed E-state index contributed by atoms with van der Waals surface area (Å²) < 4.78 is 2.98. The van der Waals surface area contributed by atoms with Crippen LogP contribution in [0.5, 0.6) is 0 Å².